The summed E-state index contributed by atoms with van der Waals surface area (Å²) in [6.45, 7) is 3.84. The molecule has 3 rings (SSSR count). The van der Waals surface area contributed by atoms with E-state index in [0.29, 0.717) is 35.7 Å². The van der Waals surface area contributed by atoms with Crippen molar-refractivity contribution < 1.29 is 19.1 Å². The number of nitrogens with one attached hydrogen (secondary N) is 2. The number of carbonyl (C=O) groups excluding carboxylic acids is 2. The Kier molecular flexibility index (Phi) is 5.35. The zero-order valence-electron chi connectivity index (χ0n) is 15.7. The number of rotatable bonds is 7. The molecule has 1 saturated carbocycles. The summed E-state index contributed by atoms with van der Waals surface area (Å²) in [6, 6.07) is 14.2. The summed E-state index contributed by atoms with van der Waals surface area (Å²) in [7, 11) is 1.58. The molecule has 0 radical (unpaired) electrons. The molecule has 0 saturated heterocycles. The Morgan fingerprint density at radius 3 is 2.19 bits per heavy atom. The lowest BCUT2D eigenvalue weighted by atomic mass is 10.0. The average Bonchev–Trinajstić information content (AvgIpc) is 3.46. The fourth-order valence-corrected chi connectivity index (χ4v) is 2.78. The molecule has 0 aromatic heterocycles. The first-order chi connectivity index (χ1) is 12.9. The van der Waals surface area contributed by atoms with Gasteiger partial charge in [-0.25, -0.2) is 0 Å². The second kappa shape index (κ2) is 7.70. The third kappa shape index (κ3) is 4.22. The van der Waals surface area contributed by atoms with Gasteiger partial charge >= 0.3 is 0 Å². The highest BCUT2D eigenvalue weighted by molar-refractivity contribution is 6.17. The maximum Gasteiger partial charge on any atom is 0.240 e. The van der Waals surface area contributed by atoms with Crippen LogP contribution >= 0.6 is 0 Å². The van der Waals surface area contributed by atoms with Crippen LogP contribution < -0.4 is 20.1 Å². The number of methoxy groups -OCH3 is 1. The Morgan fingerprint density at radius 1 is 0.963 bits per heavy atom. The lowest BCUT2D eigenvalue weighted by Crippen LogP contribution is -2.35. The van der Waals surface area contributed by atoms with Crippen LogP contribution in [-0.2, 0) is 9.59 Å². The summed E-state index contributed by atoms with van der Waals surface area (Å²) in [5, 5.41) is 5.68. The summed E-state index contributed by atoms with van der Waals surface area (Å²) < 4.78 is 10.8. The molecular formula is C21H24N2O4. The number of ether oxygens (including phenoxy) is 2. The standard InChI is InChI=1S/C21H24N2O4/c1-14(2)27-18-7-5-4-6-17(18)23-20(25)21(12-13-21)19(24)22-15-8-10-16(26-3)11-9-15/h4-11,14H,12-13H2,1-3H3,(H,22,24)(H,23,25). The third-order valence-corrected chi connectivity index (χ3v) is 4.47. The van der Waals surface area contributed by atoms with Gasteiger partial charge in [0, 0.05) is 5.69 Å². The van der Waals surface area contributed by atoms with Crippen molar-refractivity contribution in [3.63, 3.8) is 0 Å². The molecular weight excluding hydrogens is 344 g/mol. The maximum absolute atomic E-state index is 12.8. The second-order valence-electron chi connectivity index (χ2n) is 6.88. The zero-order chi connectivity index (χ0) is 19.4. The van der Waals surface area contributed by atoms with Crippen LogP contribution in [-0.4, -0.2) is 25.0 Å². The molecule has 0 spiro atoms. The molecule has 2 amide bonds. The van der Waals surface area contributed by atoms with Crippen molar-refractivity contribution in [3.05, 3.63) is 48.5 Å². The van der Waals surface area contributed by atoms with Gasteiger partial charge < -0.3 is 20.1 Å². The summed E-state index contributed by atoms with van der Waals surface area (Å²) in [5.41, 5.74) is 0.161. The van der Waals surface area contributed by atoms with Gasteiger partial charge in [-0.2, -0.15) is 0 Å². The molecule has 0 heterocycles. The van der Waals surface area contributed by atoms with E-state index in [9.17, 15) is 9.59 Å². The first kappa shape index (κ1) is 18.8. The van der Waals surface area contributed by atoms with Gasteiger partial charge in [-0.3, -0.25) is 9.59 Å². The molecule has 2 aromatic carbocycles. The van der Waals surface area contributed by atoms with Gasteiger partial charge in [-0.1, -0.05) is 12.1 Å². The number of carbonyl (C=O) groups is 2. The number of benzene rings is 2. The van der Waals surface area contributed by atoms with Crippen molar-refractivity contribution in [2.24, 2.45) is 5.41 Å². The van der Waals surface area contributed by atoms with E-state index in [1.165, 1.54) is 0 Å². The monoisotopic (exact) mass is 368 g/mol. The van der Waals surface area contributed by atoms with Crippen LogP contribution in [0.2, 0.25) is 0 Å². The van der Waals surface area contributed by atoms with Crippen molar-refractivity contribution in [1.82, 2.24) is 0 Å². The van der Waals surface area contributed by atoms with Crippen LogP contribution in [0.25, 0.3) is 0 Å². The van der Waals surface area contributed by atoms with Crippen LogP contribution in [0.3, 0.4) is 0 Å². The predicted molar refractivity (Wildman–Crippen MR) is 104 cm³/mol. The molecule has 142 valence electrons. The van der Waals surface area contributed by atoms with E-state index in [-0.39, 0.29) is 17.9 Å². The molecule has 2 aromatic rings. The Hall–Kier alpha value is -3.02. The molecule has 1 aliphatic rings. The molecule has 6 nitrogen and oxygen atoms in total. The topological polar surface area (TPSA) is 76.7 Å². The minimum Gasteiger partial charge on any atom is -0.497 e. The highest BCUT2D eigenvalue weighted by atomic mass is 16.5. The maximum atomic E-state index is 12.8. The molecule has 6 heteroatoms. The van der Waals surface area contributed by atoms with Gasteiger partial charge in [-0.05, 0) is 63.1 Å². The van der Waals surface area contributed by atoms with Crippen molar-refractivity contribution in [1.29, 1.82) is 0 Å². The van der Waals surface area contributed by atoms with Crippen molar-refractivity contribution in [2.45, 2.75) is 32.8 Å². The van der Waals surface area contributed by atoms with Crippen molar-refractivity contribution in [2.75, 3.05) is 17.7 Å². The smallest absolute Gasteiger partial charge is 0.240 e. The predicted octanol–water partition coefficient (Wildman–Crippen LogP) is 3.84. The molecule has 0 bridgehead atoms. The van der Waals surface area contributed by atoms with Crippen LogP contribution in [0.4, 0.5) is 11.4 Å². The average molecular weight is 368 g/mol. The van der Waals surface area contributed by atoms with Crippen molar-refractivity contribution in [3.8, 4) is 11.5 Å². The van der Waals surface area contributed by atoms with Crippen molar-refractivity contribution >= 4 is 23.2 Å². The third-order valence-electron chi connectivity index (χ3n) is 4.47. The lowest BCUT2D eigenvalue weighted by molar-refractivity contribution is -0.131. The van der Waals surface area contributed by atoms with E-state index in [1.54, 1.807) is 43.5 Å². The Labute approximate surface area is 158 Å². The Balaban J connectivity index is 1.70. The number of amides is 2. The fourth-order valence-electron chi connectivity index (χ4n) is 2.78. The van der Waals surface area contributed by atoms with E-state index < -0.39 is 5.41 Å². The quantitative estimate of drug-likeness (QED) is 0.728. The summed E-state index contributed by atoms with van der Waals surface area (Å²) in [6.07, 6.45) is 1.03. The first-order valence-electron chi connectivity index (χ1n) is 8.97. The Morgan fingerprint density at radius 2 is 1.59 bits per heavy atom. The normalized spacial score (nSPS) is 14.4. The minimum atomic E-state index is -1.04. The van der Waals surface area contributed by atoms with Gasteiger partial charge in [0.1, 0.15) is 16.9 Å². The van der Waals surface area contributed by atoms with Gasteiger partial charge in [-0.15, -0.1) is 0 Å². The lowest BCUT2D eigenvalue weighted by Gasteiger charge is -2.18. The fraction of sp³-hybridized carbons (Fsp3) is 0.333. The van der Waals surface area contributed by atoms with Crippen LogP contribution in [0.5, 0.6) is 11.5 Å². The van der Waals surface area contributed by atoms with Gasteiger partial charge in [0.2, 0.25) is 11.8 Å². The summed E-state index contributed by atoms with van der Waals surface area (Å²) in [4.78, 5) is 25.5. The van der Waals surface area contributed by atoms with E-state index >= 15 is 0 Å². The molecule has 0 aliphatic heterocycles. The number of para-hydroxylation sites is 2. The van der Waals surface area contributed by atoms with Crippen LogP contribution in [0, 0.1) is 5.41 Å². The molecule has 0 atom stereocenters. The zero-order valence-corrected chi connectivity index (χ0v) is 15.7. The molecule has 0 unspecified atom stereocenters. The highest BCUT2D eigenvalue weighted by Crippen LogP contribution is 2.48. The SMILES string of the molecule is COc1ccc(NC(=O)C2(C(=O)Nc3ccccc3OC(C)C)CC2)cc1. The largest absolute Gasteiger partial charge is 0.497 e. The van der Waals surface area contributed by atoms with Crippen LogP contribution in [0.15, 0.2) is 48.5 Å². The number of hydrogen-bond acceptors (Lipinski definition) is 4. The van der Waals surface area contributed by atoms with Crippen LogP contribution in [0.1, 0.15) is 26.7 Å². The van der Waals surface area contributed by atoms with Gasteiger partial charge in [0.15, 0.2) is 0 Å². The summed E-state index contributed by atoms with van der Waals surface area (Å²) in [5.74, 6) is 0.682. The first-order valence-corrected chi connectivity index (χ1v) is 8.97. The number of anilines is 2. The molecule has 1 aliphatic carbocycles. The van der Waals surface area contributed by atoms with Gasteiger partial charge in [0.05, 0.1) is 18.9 Å². The number of hydrogen-bond donors (Lipinski definition) is 2. The van der Waals surface area contributed by atoms with E-state index in [1.807, 2.05) is 26.0 Å². The van der Waals surface area contributed by atoms with Gasteiger partial charge in [0.25, 0.3) is 0 Å². The van der Waals surface area contributed by atoms with E-state index in [0.717, 1.165) is 0 Å². The summed E-state index contributed by atoms with van der Waals surface area (Å²) >= 11 is 0. The second-order valence-corrected chi connectivity index (χ2v) is 6.88. The highest BCUT2D eigenvalue weighted by Gasteiger charge is 2.56. The van der Waals surface area contributed by atoms with E-state index in [4.69, 9.17) is 9.47 Å². The Bertz CT molecular complexity index is 826. The molecule has 1 fully saturated rings. The molecule has 27 heavy (non-hydrogen) atoms. The van der Waals surface area contributed by atoms with E-state index in [2.05, 4.69) is 10.6 Å². The minimum absolute atomic E-state index is 0.0173. The molecule has 2 N–H and O–H groups in total.